The van der Waals surface area contributed by atoms with Crippen molar-refractivity contribution >= 4 is 23.2 Å². The van der Waals surface area contributed by atoms with Gasteiger partial charge in [0.25, 0.3) is 5.91 Å². The summed E-state index contributed by atoms with van der Waals surface area (Å²) in [5.41, 5.74) is 2.31. The van der Waals surface area contributed by atoms with E-state index >= 15 is 0 Å². The van der Waals surface area contributed by atoms with Crippen LogP contribution in [-0.2, 0) is 11.2 Å². The molecule has 1 N–H and O–H groups in total. The van der Waals surface area contributed by atoms with E-state index in [0.717, 1.165) is 29.3 Å². The topological polar surface area (TPSA) is 34.0 Å². The Hall–Kier alpha value is -2.04. The lowest BCUT2D eigenvalue weighted by molar-refractivity contribution is -0.894. The van der Waals surface area contributed by atoms with E-state index in [1.807, 2.05) is 61.3 Å². The molecule has 1 heterocycles. The first-order valence-corrected chi connectivity index (χ1v) is 9.47. The summed E-state index contributed by atoms with van der Waals surface area (Å²) in [5.74, 6) is 0.967. The van der Waals surface area contributed by atoms with E-state index < -0.39 is 0 Å². The van der Waals surface area contributed by atoms with E-state index in [1.165, 1.54) is 5.56 Å². The average Bonchev–Trinajstić information content (AvgIpc) is 2.97. The van der Waals surface area contributed by atoms with Gasteiger partial charge in [-0.25, -0.2) is 0 Å². The molecule has 26 heavy (non-hydrogen) atoms. The third-order valence-corrected chi connectivity index (χ3v) is 5.39. The number of para-hydroxylation sites is 1. The van der Waals surface area contributed by atoms with Crippen molar-refractivity contribution in [1.29, 1.82) is 0 Å². The number of anilines is 1. The molecule has 0 fully saturated rings. The summed E-state index contributed by atoms with van der Waals surface area (Å²) in [4.78, 5) is 16.2. The lowest BCUT2D eigenvalue weighted by Crippen LogP contribution is -3.14. The summed E-state index contributed by atoms with van der Waals surface area (Å²) < 4.78 is 5.76. The molecule has 3 atom stereocenters. The van der Waals surface area contributed by atoms with Gasteiger partial charge in [0.1, 0.15) is 18.9 Å². The van der Waals surface area contributed by atoms with E-state index in [1.54, 1.807) is 0 Å². The monoisotopic (exact) mass is 373 g/mol. The second kappa shape index (κ2) is 8.11. The van der Waals surface area contributed by atoms with Crippen molar-refractivity contribution in [2.45, 2.75) is 32.4 Å². The third kappa shape index (κ3) is 4.02. The maximum atomic E-state index is 13.1. The Bertz CT molecular complexity index is 763. The maximum absolute atomic E-state index is 13.1. The van der Waals surface area contributed by atoms with Gasteiger partial charge in [-0.05, 0) is 56.2 Å². The highest BCUT2D eigenvalue weighted by Crippen LogP contribution is 2.32. The number of hydrogen-bond donors (Lipinski definition) is 1. The fourth-order valence-corrected chi connectivity index (χ4v) is 3.52. The van der Waals surface area contributed by atoms with Gasteiger partial charge in [0, 0.05) is 16.8 Å². The van der Waals surface area contributed by atoms with E-state index in [4.69, 9.17) is 16.3 Å². The predicted octanol–water partition coefficient (Wildman–Crippen LogP) is 2.60. The Balaban J connectivity index is 1.57. The minimum Gasteiger partial charge on any atom is -0.488 e. The molecule has 0 spiro atoms. The molecular weight excluding hydrogens is 348 g/mol. The largest absolute Gasteiger partial charge is 0.488 e. The molecule has 0 saturated carbocycles. The highest BCUT2D eigenvalue weighted by Gasteiger charge is 2.35. The number of ether oxygens (including phenoxy) is 1. The van der Waals surface area contributed by atoms with Gasteiger partial charge in [-0.1, -0.05) is 29.8 Å². The number of nitrogens with one attached hydrogen (secondary N) is 1. The standard InChI is InChI=1S/C21H25ClN2O2/c1-15-14-17-6-4-5-7-20(17)24(15)21(25)16(2)23(3)12-13-26-19-10-8-18(22)9-11-19/h4-11,15-16H,12-14H2,1-3H3/p+1/t15-,16+/m1/s1. The first-order chi connectivity index (χ1) is 12.5. The molecular formula is C21H26ClN2O2+. The van der Waals surface area contributed by atoms with E-state index in [-0.39, 0.29) is 18.0 Å². The van der Waals surface area contributed by atoms with Crippen molar-refractivity contribution < 1.29 is 14.4 Å². The van der Waals surface area contributed by atoms with Gasteiger partial charge in [0.05, 0.1) is 7.05 Å². The zero-order valence-corrected chi connectivity index (χ0v) is 16.3. The molecule has 4 nitrogen and oxygen atoms in total. The molecule has 3 rings (SSSR count). The highest BCUT2D eigenvalue weighted by molar-refractivity contribution is 6.30. The molecule has 1 amide bonds. The fraction of sp³-hybridized carbons (Fsp3) is 0.381. The summed E-state index contributed by atoms with van der Waals surface area (Å²) in [6.45, 7) is 5.41. The molecule has 1 aliphatic rings. The van der Waals surface area contributed by atoms with Crippen LogP contribution in [0.5, 0.6) is 5.75 Å². The number of benzene rings is 2. The Morgan fingerprint density at radius 1 is 1.27 bits per heavy atom. The van der Waals surface area contributed by atoms with Crippen molar-refractivity contribution in [3.05, 3.63) is 59.1 Å². The highest BCUT2D eigenvalue weighted by atomic mass is 35.5. The van der Waals surface area contributed by atoms with Crippen LogP contribution < -0.4 is 14.5 Å². The second-order valence-electron chi connectivity index (χ2n) is 7.01. The number of rotatable bonds is 6. The normalized spacial score (nSPS) is 18.3. The first kappa shape index (κ1) is 18.7. The van der Waals surface area contributed by atoms with Crippen LogP contribution in [0.2, 0.25) is 5.02 Å². The lowest BCUT2D eigenvalue weighted by atomic mass is 10.1. The van der Waals surface area contributed by atoms with Crippen molar-refractivity contribution in [2.24, 2.45) is 0 Å². The van der Waals surface area contributed by atoms with Crippen LogP contribution in [0.15, 0.2) is 48.5 Å². The Kier molecular flexibility index (Phi) is 5.84. The number of nitrogens with zero attached hydrogens (tertiary/aromatic N) is 1. The number of hydrogen-bond acceptors (Lipinski definition) is 2. The molecule has 0 radical (unpaired) electrons. The summed E-state index contributed by atoms with van der Waals surface area (Å²) >= 11 is 5.88. The quantitative estimate of drug-likeness (QED) is 0.844. The third-order valence-electron chi connectivity index (χ3n) is 5.13. The SMILES string of the molecule is C[C@@H]1Cc2ccccc2N1C(=O)[C@H](C)[NH+](C)CCOc1ccc(Cl)cc1. The van der Waals surface area contributed by atoms with Crippen molar-refractivity contribution in [3.63, 3.8) is 0 Å². The summed E-state index contributed by atoms with van der Waals surface area (Å²) in [6, 6.07) is 15.6. The maximum Gasteiger partial charge on any atom is 0.285 e. The minimum absolute atomic E-state index is 0.127. The molecule has 2 aromatic rings. The molecule has 0 aliphatic carbocycles. The number of quaternary nitrogens is 1. The minimum atomic E-state index is -0.127. The van der Waals surface area contributed by atoms with Crippen molar-refractivity contribution in [2.75, 3.05) is 25.1 Å². The van der Waals surface area contributed by atoms with E-state index in [9.17, 15) is 4.79 Å². The molecule has 138 valence electrons. The van der Waals surface area contributed by atoms with Gasteiger partial charge >= 0.3 is 0 Å². The number of fused-ring (bicyclic) bond motifs is 1. The summed E-state index contributed by atoms with van der Waals surface area (Å²) in [5, 5.41) is 0.694. The van der Waals surface area contributed by atoms with Crippen LogP contribution in [0.3, 0.4) is 0 Å². The van der Waals surface area contributed by atoms with Crippen LogP contribution >= 0.6 is 11.6 Å². The van der Waals surface area contributed by atoms with Gasteiger partial charge < -0.3 is 14.5 Å². The molecule has 0 aromatic heterocycles. The first-order valence-electron chi connectivity index (χ1n) is 9.09. The van der Waals surface area contributed by atoms with Gasteiger partial charge in [-0.15, -0.1) is 0 Å². The number of amides is 1. The second-order valence-corrected chi connectivity index (χ2v) is 7.45. The summed E-state index contributed by atoms with van der Waals surface area (Å²) in [6.07, 6.45) is 0.924. The van der Waals surface area contributed by atoms with Crippen LogP contribution in [0.4, 0.5) is 5.69 Å². The Morgan fingerprint density at radius 2 is 1.96 bits per heavy atom. The average molecular weight is 374 g/mol. The van der Waals surface area contributed by atoms with Crippen LogP contribution in [0, 0.1) is 0 Å². The van der Waals surface area contributed by atoms with Crippen molar-refractivity contribution in [3.8, 4) is 5.75 Å². The lowest BCUT2D eigenvalue weighted by Gasteiger charge is -2.28. The van der Waals surface area contributed by atoms with Gasteiger partial charge in [0.15, 0.2) is 6.04 Å². The number of likely N-dealkylation sites (N-methyl/N-ethyl adjacent to an activating group) is 1. The van der Waals surface area contributed by atoms with Crippen LogP contribution in [0.25, 0.3) is 0 Å². The number of carbonyl (C=O) groups is 1. The van der Waals surface area contributed by atoms with Gasteiger partial charge in [-0.3, -0.25) is 4.79 Å². The molecule has 1 unspecified atom stereocenters. The molecule has 2 aromatic carbocycles. The van der Waals surface area contributed by atoms with Gasteiger partial charge in [-0.2, -0.15) is 0 Å². The summed E-state index contributed by atoms with van der Waals surface area (Å²) in [7, 11) is 2.04. The molecule has 0 saturated heterocycles. The van der Waals surface area contributed by atoms with Crippen molar-refractivity contribution in [1.82, 2.24) is 0 Å². The fourth-order valence-electron chi connectivity index (χ4n) is 3.40. The number of halogens is 1. The van der Waals surface area contributed by atoms with Crippen LogP contribution in [0.1, 0.15) is 19.4 Å². The zero-order chi connectivity index (χ0) is 18.7. The zero-order valence-electron chi connectivity index (χ0n) is 15.5. The predicted molar refractivity (Wildman–Crippen MR) is 105 cm³/mol. The number of carbonyl (C=O) groups excluding carboxylic acids is 1. The van der Waals surface area contributed by atoms with E-state index in [2.05, 4.69) is 13.0 Å². The Morgan fingerprint density at radius 3 is 2.69 bits per heavy atom. The van der Waals surface area contributed by atoms with Crippen LogP contribution in [-0.4, -0.2) is 38.2 Å². The Labute approximate surface area is 160 Å². The molecule has 5 heteroatoms. The molecule has 0 bridgehead atoms. The smallest absolute Gasteiger partial charge is 0.285 e. The molecule has 1 aliphatic heterocycles. The van der Waals surface area contributed by atoms with E-state index in [0.29, 0.717) is 11.6 Å². The van der Waals surface area contributed by atoms with Gasteiger partial charge in [0.2, 0.25) is 0 Å².